The van der Waals surface area contributed by atoms with E-state index in [1.165, 1.54) is 31.5 Å². The second-order valence-electron chi connectivity index (χ2n) is 15.5. The van der Waals surface area contributed by atoms with E-state index < -0.39 is 46.9 Å². The van der Waals surface area contributed by atoms with Crippen molar-refractivity contribution in [2.24, 2.45) is 11.8 Å². The second-order valence-corrected chi connectivity index (χ2v) is 15.5. The fraction of sp³-hybridized carbons (Fsp3) is 0.439. The lowest BCUT2D eigenvalue weighted by molar-refractivity contribution is -0.137. The Hall–Kier alpha value is -6.07. The van der Waals surface area contributed by atoms with Crippen LogP contribution in [0.1, 0.15) is 55.6 Å². The number of urea groups is 1. The molecule has 3 aliphatic heterocycles. The standard InChI is InChI=1S/C41H49F4N9O5/c1-22(2)35(51-40(58)59-6)38(56)54-20-23(3)15-33(54)36-48-19-32(49-36)26-9-7-25(8-10-26)28-16-30(42)31(17-29(28)41(43,44)45)50-37(55)27-11-12-34(47-18-27)53-14-13-52(21-24(53)4)39(57)46-5/h7-12,16-19,22-24,33,35-36,48-49H,13-15,20-21H2,1-6H3,(H,46,57)(H,50,55)(H,51,58)/t23-,24+,33-,35-,36?/m0/s1. The molecule has 0 bridgehead atoms. The normalized spacial score (nSPS) is 21.0. The Morgan fingerprint density at radius 1 is 0.983 bits per heavy atom. The van der Waals surface area contributed by atoms with Crippen molar-refractivity contribution in [3.8, 4) is 11.1 Å². The minimum atomic E-state index is -4.89. The Labute approximate surface area is 339 Å². The van der Waals surface area contributed by atoms with E-state index in [4.69, 9.17) is 4.74 Å². The van der Waals surface area contributed by atoms with E-state index >= 15 is 4.39 Å². The molecule has 3 aliphatic rings. The van der Waals surface area contributed by atoms with Gasteiger partial charge < -0.3 is 46.0 Å². The van der Waals surface area contributed by atoms with Gasteiger partial charge in [-0.25, -0.2) is 19.0 Å². The van der Waals surface area contributed by atoms with Gasteiger partial charge in [-0.05, 0) is 66.1 Å². The summed E-state index contributed by atoms with van der Waals surface area (Å²) in [6, 6.07) is 9.22. The van der Waals surface area contributed by atoms with Gasteiger partial charge in [-0.3, -0.25) is 9.59 Å². The molecule has 14 nitrogen and oxygen atoms in total. The summed E-state index contributed by atoms with van der Waals surface area (Å²) in [5.41, 5.74) is -0.790. The van der Waals surface area contributed by atoms with Crippen LogP contribution in [0.4, 0.5) is 38.7 Å². The van der Waals surface area contributed by atoms with E-state index in [9.17, 15) is 32.3 Å². The van der Waals surface area contributed by atoms with Crippen LogP contribution in [-0.2, 0) is 15.7 Å². The number of ether oxygens (including phenoxy) is 1. The number of rotatable bonds is 9. The molecule has 1 unspecified atom stereocenters. The van der Waals surface area contributed by atoms with E-state index in [0.29, 0.717) is 55.7 Å². The van der Waals surface area contributed by atoms with Crippen LogP contribution in [0.3, 0.4) is 0 Å². The van der Waals surface area contributed by atoms with Crippen molar-refractivity contribution in [2.75, 3.05) is 50.6 Å². The summed E-state index contributed by atoms with van der Waals surface area (Å²) in [4.78, 5) is 60.6. The second kappa shape index (κ2) is 17.4. The molecule has 5 amide bonds. The number of carbonyl (C=O) groups is 4. The lowest BCUT2D eigenvalue weighted by atomic mass is 9.96. The summed E-state index contributed by atoms with van der Waals surface area (Å²) in [7, 11) is 2.80. The Kier molecular flexibility index (Phi) is 12.6. The number of benzene rings is 2. The summed E-state index contributed by atoms with van der Waals surface area (Å²) in [5.74, 6) is -1.59. The number of alkyl halides is 3. The number of anilines is 2. The number of amides is 5. The van der Waals surface area contributed by atoms with Gasteiger partial charge in [0.05, 0.1) is 35.7 Å². The quantitative estimate of drug-likeness (QED) is 0.177. The van der Waals surface area contributed by atoms with Gasteiger partial charge in [0, 0.05) is 51.7 Å². The maximum atomic E-state index is 15.5. The SMILES string of the molecule is CNC(=O)N1CCN(c2ccc(C(=O)Nc3cc(C(F)(F)F)c(-c4ccc(C5=CNC([C@@H]6C[C@H](C)CN6C(=O)[C@@H](NC(=O)OC)C(C)C)N5)cc4)cc3F)cn2)[C@H](C)C1. The minimum Gasteiger partial charge on any atom is -0.453 e. The predicted octanol–water partition coefficient (Wildman–Crippen LogP) is 5.44. The van der Waals surface area contributed by atoms with Gasteiger partial charge in [0.15, 0.2) is 0 Å². The van der Waals surface area contributed by atoms with Crippen molar-refractivity contribution in [1.29, 1.82) is 0 Å². The van der Waals surface area contributed by atoms with Crippen LogP contribution in [-0.4, -0.2) is 103 Å². The smallest absolute Gasteiger partial charge is 0.417 e. The Bertz CT molecular complexity index is 2080. The molecule has 316 valence electrons. The van der Waals surface area contributed by atoms with E-state index in [2.05, 4.69) is 31.6 Å². The van der Waals surface area contributed by atoms with Gasteiger partial charge in [-0.15, -0.1) is 0 Å². The highest BCUT2D eigenvalue weighted by molar-refractivity contribution is 6.04. The molecule has 3 aromatic rings. The van der Waals surface area contributed by atoms with Gasteiger partial charge >= 0.3 is 18.3 Å². The highest BCUT2D eigenvalue weighted by Gasteiger charge is 2.43. The lowest BCUT2D eigenvalue weighted by Gasteiger charge is -2.40. The first-order valence-corrected chi connectivity index (χ1v) is 19.4. The molecule has 0 spiro atoms. The number of nitrogens with zero attached hydrogens (tertiary/aromatic N) is 4. The van der Waals surface area contributed by atoms with Crippen LogP contribution in [0.15, 0.2) is 60.9 Å². The van der Waals surface area contributed by atoms with Gasteiger partial charge in [0.1, 0.15) is 23.8 Å². The van der Waals surface area contributed by atoms with Crippen molar-refractivity contribution in [2.45, 2.75) is 64.6 Å². The van der Waals surface area contributed by atoms with Crippen molar-refractivity contribution in [1.82, 2.24) is 36.1 Å². The number of alkyl carbamates (subject to hydrolysis) is 1. The molecule has 6 rings (SSSR count). The highest BCUT2D eigenvalue weighted by Crippen LogP contribution is 2.40. The fourth-order valence-electron chi connectivity index (χ4n) is 7.83. The average Bonchev–Trinajstić information content (AvgIpc) is 3.86. The third kappa shape index (κ3) is 9.31. The highest BCUT2D eigenvalue weighted by atomic mass is 19.4. The van der Waals surface area contributed by atoms with Gasteiger partial charge in [0.25, 0.3) is 5.91 Å². The van der Waals surface area contributed by atoms with Gasteiger partial charge in [-0.1, -0.05) is 45.0 Å². The molecule has 2 saturated heterocycles. The molecule has 18 heteroatoms. The van der Waals surface area contributed by atoms with E-state index in [1.54, 1.807) is 41.2 Å². The predicted molar refractivity (Wildman–Crippen MR) is 213 cm³/mol. The van der Waals surface area contributed by atoms with Crippen LogP contribution >= 0.6 is 0 Å². The third-order valence-electron chi connectivity index (χ3n) is 10.9. The molecule has 1 aromatic heterocycles. The van der Waals surface area contributed by atoms with E-state index in [-0.39, 0.29) is 53.2 Å². The Morgan fingerprint density at radius 3 is 2.31 bits per heavy atom. The summed E-state index contributed by atoms with van der Waals surface area (Å²) < 4.78 is 63.7. The molecule has 2 fully saturated rings. The zero-order chi connectivity index (χ0) is 42.8. The number of aromatic nitrogens is 1. The van der Waals surface area contributed by atoms with Crippen LogP contribution < -0.4 is 31.5 Å². The first-order chi connectivity index (χ1) is 28.0. The van der Waals surface area contributed by atoms with Gasteiger partial charge in [-0.2, -0.15) is 13.2 Å². The number of piperazine rings is 1. The summed E-state index contributed by atoms with van der Waals surface area (Å²) in [6.07, 6.45) is -2.28. The molecule has 4 heterocycles. The number of likely N-dealkylation sites (tertiary alicyclic amines) is 1. The summed E-state index contributed by atoms with van der Waals surface area (Å²) in [5, 5.41) is 14.2. The zero-order valence-corrected chi connectivity index (χ0v) is 33.6. The van der Waals surface area contributed by atoms with Crippen molar-refractivity contribution in [3.63, 3.8) is 0 Å². The molecule has 0 saturated carbocycles. The first kappa shape index (κ1) is 42.5. The summed E-state index contributed by atoms with van der Waals surface area (Å²) in [6.45, 7) is 9.56. The topological polar surface area (TPSA) is 160 Å². The molecule has 59 heavy (non-hydrogen) atoms. The lowest BCUT2D eigenvalue weighted by Crippen LogP contribution is -2.57. The molecule has 0 radical (unpaired) electrons. The van der Waals surface area contributed by atoms with Crippen LogP contribution in [0.25, 0.3) is 16.8 Å². The van der Waals surface area contributed by atoms with Crippen molar-refractivity contribution >= 4 is 41.1 Å². The number of methoxy groups -OCH3 is 1. The van der Waals surface area contributed by atoms with Crippen molar-refractivity contribution in [3.05, 3.63) is 83.4 Å². The maximum absolute atomic E-state index is 15.5. The Morgan fingerprint density at radius 2 is 1.69 bits per heavy atom. The number of hydrogen-bond donors (Lipinski definition) is 5. The van der Waals surface area contributed by atoms with Crippen LogP contribution in [0, 0.1) is 17.7 Å². The molecule has 5 atom stereocenters. The maximum Gasteiger partial charge on any atom is 0.417 e. The van der Waals surface area contributed by atoms with E-state index in [0.717, 1.165) is 6.07 Å². The number of carbonyl (C=O) groups excluding carboxylic acids is 4. The number of halogens is 4. The number of pyridine rings is 1. The molecular formula is C41H49F4N9O5. The zero-order valence-electron chi connectivity index (χ0n) is 33.6. The minimum absolute atomic E-state index is 0.0154. The largest absolute Gasteiger partial charge is 0.453 e. The van der Waals surface area contributed by atoms with Crippen LogP contribution in [0.5, 0.6) is 0 Å². The molecular weight excluding hydrogens is 775 g/mol. The van der Waals surface area contributed by atoms with Crippen LogP contribution in [0.2, 0.25) is 0 Å². The monoisotopic (exact) mass is 823 g/mol. The average molecular weight is 824 g/mol. The first-order valence-electron chi connectivity index (χ1n) is 19.4. The Balaban J connectivity index is 1.13. The molecule has 5 N–H and O–H groups in total. The number of nitrogens with one attached hydrogen (secondary N) is 5. The summed E-state index contributed by atoms with van der Waals surface area (Å²) >= 11 is 0. The molecule has 0 aliphatic carbocycles. The fourth-order valence-corrected chi connectivity index (χ4v) is 7.83. The number of hydrogen-bond acceptors (Lipinski definition) is 9. The molecule has 2 aromatic carbocycles. The third-order valence-corrected chi connectivity index (χ3v) is 10.9. The van der Waals surface area contributed by atoms with Crippen molar-refractivity contribution < 1.29 is 41.5 Å². The van der Waals surface area contributed by atoms with E-state index in [1.807, 2.05) is 32.6 Å². The van der Waals surface area contributed by atoms with Gasteiger partial charge in [0.2, 0.25) is 5.91 Å².